The summed E-state index contributed by atoms with van der Waals surface area (Å²) in [6.07, 6.45) is 3.08. The number of hydrogen-bond acceptors (Lipinski definition) is 5. The number of aromatic nitrogens is 1. The number of halogens is 2. The van der Waals surface area contributed by atoms with E-state index >= 15 is 0 Å². The van der Waals surface area contributed by atoms with Gasteiger partial charge in [0.25, 0.3) is 5.91 Å². The van der Waals surface area contributed by atoms with Crippen molar-refractivity contribution < 1.29 is 13.6 Å². The molecule has 24 heavy (non-hydrogen) atoms. The first-order valence-corrected chi connectivity index (χ1v) is 8.30. The minimum Gasteiger partial charge on any atom is -0.332 e. The van der Waals surface area contributed by atoms with E-state index in [2.05, 4.69) is 21.7 Å². The van der Waals surface area contributed by atoms with Crippen LogP contribution in [0, 0.1) is 23.0 Å². The molecule has 8 heteroatoms. The molecule has 0 spiro atoms. The molecule has 124 valence electrons. The normalized spacial score (nSPS) is 15.7. The van der Waals surface area contributed by atoms with Crippen molar-refractivity contribution in [1.82, 2.24) is 10.3 Å². The molecule has 1 aromatic heterocycles. The number of rotatable bonds is 4. The van der Waals surface area contributed by atoms with Crippen LogP contribution in [0.5, 0.6) is 0 Å². The van der Waals surface area contributed by atoms with Crippen molar-refractivity contribution >= 4 is 28.1 Å². The molecule has 1 fully saturated rings. The monoisotopic (exact) mass is 348 g/mol. The van der Waals surface area contributed by atoms with Gasteiger partial charge in [-0.1, -0.05) is 0 Å². The lowest BCUT2D eigenvalue weighted by Crippen LogP contribution is -2.45. The highest BCUT2D eigenvalue weighted by Gasteiger charge is 2.36. The first-order valence-electron chi connectivity index (χ1n) is 7.42. The molecule has 0 unspecified atom stereocenters. The number of nitrogens with one attached hydrogen (secondary N) is 2. The number of nitriles is 1. The van der Waals surface area contributed by atoms with Gasteiger partial charge >= 0.3 is 0 Å². The number of nitrogens with zero attached hydrogens (tertiary/aromatic N) is 2. The topological polar surface area (TPSA) is 77.8 Å². The fraction of sp³-hybridized carbons (Fsp3) is 0.312. The van der Waals surface area contributed by atoms with Crippen molar-refractivity contribution in [3.05, 3.63) is 40.9 Å². The van der Waals surface area contributed by atoms with E-state index in [0.717, 1.165) is 42.4 Å². The van der Waals surface area contributed by atoms with E-state index in [0.29, 0.717) is 18.0 Å². The zero-order chi connectivity index (χ0) is 17.2. The van der Waals surface area contributed by atoms with Crippen LogP contribution in [0.15, 0.2) is 23.6 Å². The molecular formula is C16H14F2N4OS. The Hall–Kier alpha value is -2.53. The van der Waals surface area contributed by atoms with Crippen LogP contribution in [0.3, 0.4) is 0 Å². The summed E-state index contributed by atoms with van der Waals surface area (Å²) in [5.74, 6) is -1.83. The largest absolute Gasteiger partial charge is 0.332 e. The molecule has 2 N–H and O–H groups in total. The van der Waals surface area contributed by atoms with Gasteiger partial charge in [-0.2, -0.15) is 5.26 Å². The van der Waals surface area contributed by atoms with Gasteiger partial charge in [0.15, 0.2) is 5.13 Å². The molecule has 1 amide bonds. The Morgan fingerprint density at radius 3 is 2.54 bits per heavy atom. The first kappa shape index (κ1) is 16.3. The van der Waals surface area contributed by atoms with Gasteiger partial charge in [-0.25, -0.2) is 13.8 Å². The molecule has 0 atom stereocenters. The molecule has 1 aliphatic rings. The summed E-state index contributed by atoms with van der Waals surface area (Å²) >= 11 is 1.14. The maximum absolute atomic E-state index is 13.2. The molecular weight excluding hydrogens is 334 g/mol. The molecule has 1 aliphatic carbocycles. The zero-order valence-corrected chi connectivity index (χ0v) is 13.4. The van der Waals surface area contributed by atoms with Crippen molar-refractivity contribution in [1.29, 1.82) is 5.26 Å². The van der Waals surface area contributed by atoms with E-state index in [1.54, 1.807) is 0 Å². The fourth-order valence-electron chi connectivity index (χ4n) is 2.71. The Bertz CT molecular complexity index is 788. The average Bonchev–Trinajstić information content (AvgIpc) is 3.16. The van der Waals surface area contributed by atoms with Gasteiger partial charge in [-0.3, -0.25) is 4.79 Å². The van der Waals surface area contributed by atoms with Crippen LogP contribution in [0.4, 0.5) is 19.6 Å². The molecule has 0 radical (unpaired) electrons. The summed E-state index contributed by atoms with van der Waals surface area (Å²) in [7, 11) is 0. The lowest BCUT2D eigenvalue weighted by atomic mass is 10.00. The number of carbonyl (C=O) groups is 1. The standard InChI is InChI=1S/C16H14F2N4OS/c17-10-5-11(18)7-12(6-10)20-15-21-13(8-24-15)14(23)22-16(9-19)3-1-2-4-16/h5-8H,1-4H2,(H,20,21)(H,22,23). The fourth-order valence-corrected chi connectivity index (χ4v) is 3.42. The van der Waals surface area contributed by atoms with E-state index in [1.165, 1.54) is 5.38 Å². The second kappa shape index (κ2) is 6.53. The minimum atomic E-state index is -0.819. The Labute approximate surface area is 141 Å². The van der Waals surface area contributed by atoms with Crippen LogP contribution in [-0.4, -0.2) is 16.4 Å². The van der Waals surface area contributed by atoms with Crippen molar-refractivity contribution in [2.75, 3.05) is 5.32 Å². The van der Waals surface area contributed by atoms with Crippen molar-refractivity contribution in [3.63, 3.8) is 0 Å². The predicted molar refractivity (Wildman–Crippen MR) is 86.0 cm³/mol. The van der Waals surface area contributed by atoms with Crippen molar-refractivity contribution in [3.8, 4) is 6.07 Å². The van der Waals surface area contributed by atoms with E-state index < -0.39 is 23.1 Å². The van der Waals surface area contributed by atoms with E-state index in [1.807, 2.05) is 0 Å². The second-order valence-electron chi connectivity index (χ2n) is 5.68. The van der Waals surface area contributed by atoms with Crippen molar-refractivity contribution in [2.24, 2.45) is 0 Å². The van der Waals surface area contributed by atoms with Gasteiger partial charge in [0.1, 0.15) is 22.9 Å². The molecule has 5 nitrogen and oxygen atoms in total. The quantitative estimate of drug-likeness (QED) is 0.882. The molecule has 0 saturated heterocycles. The maximum atomic E-state index is 13.2. The zero-order valence-electron chi connectivity index (χ0n) is 12.6. The highest BCUT2D eigenvalue weighted by Crippen LogP contribution is 2.29. The minimum absolute atomic E-state index is 0.167. The number of hydrogen-bond donors (Lipinski definition) is 2. The summed E-state index contributed by atoms with van der Waals surface area (Å²) in [4.78, 5) is 16.4. The van der Waals surface area contributed by atoms with E-state index in [9.17, 15) is 18.8 Å². The number of carbonyl (C=O) groups excluding carboxylic acids is 1. The number of amides is 1. The van der Waals surface area contributed by atoms with Gasteiger partial charge in [0.2, 0.25) is 0 Å². The summed E-state index contributed by atoms with van der Waals surface area (Å²) in [5.41, 5.74) is -0.445. The lowest BCUT2D eigenvalue weighted by molar-refractivity contribution is 0.0916. The highest BCUT2D eigenvalue weighted by atomic mass is 32.1. The lowest BCUT2D eigenvalue weighted by Gasteiger charge is -2.21. The molecule has 1 heterocycles. The Morgan fingerprint density at radius 2 is 1.92 bits per heavy atom. The highest BCUT2D eigenvalue weighted by molar-refractivity contribution is 7.14. The number of benzene rings is 1. The van der Waals surface area contributed by atoms with Crippen molar-refractivity contribution in [2.45, 2.75) is 31.2 Å². The molecule has 1 saturated carbocycles. The molecule has 3 rings (SSSR count). The third-order valence-corrected chi connectivity index (χ3v) is 4.63. The van der Waals surface area contributed by atoms with Gasteiger partial charge in [0, 0.05) is 17.1 Å². The number of anilines is 2. The van der Waals surface area contributed by atoms with Gasteiger partial charge < -0.3 is 10.6 Å². The Kier molecular flexibility index (Phi) is 4.44. The van der Waals surface area contributed by atoms with E-state index in [-0.39, 0.29) is 11.4 Å². The summed E-state index contributed by atoms with van der Waals surface area (Å²) in [5, 5.41) is 16.7. The van der Waals surface area contributed by atoms with Crippen LogP contribution >= 0.6 is 11.3 Å². The maximum Gasteiger partial charge on any atom is 0.272 e. The smallest absolute Gasteiger partial charge is 0.272 e. The second-order valence-corrected chi connectivity index (χ2v) is 6.53. The molecule has 2 aromatic rings. The van der Waals surface area contributed by atoms with Crippen LogP contribution in [0.2, 0.25) is 0 Å². The van der Waals surface area contributed by atoms with E-state index in [4.69, 9.17) is 0 Å². The molecule has 1 aromatic carbocycles. The molecule has 0 aliphatic heterocycles. The SMILES string of the molecule is N#CC1(NC(=O)c2csc(Nc3cc(F)cc(F)c3)n2)CCCC1. The van der Waals surface area contributed by atoms with Crippen LogP contribution in [0.1, 0.15) is 36.2 Å². The summed E-state index contributed by atoms with van der Waals surface area (Å²) < 4.78 is 26.4. The van der Waals surface area contributed by atoms with Gasteiger partial charge in [0.05, 0.1) is 6.07 Å². The third-order valence-electron chi connectivity index (χ3n) is 3.87. The summed E-state index contributed by atoms with van der Waals surface area (Å²) in [6.45, 7) is 0. The molecule has 0 bridgehead atoms. The van der Waals surface area contributed by atoms with Gasteiger partial charge in [-0.15, -0.1) is 11.3 Å². The first-order chi connectivity index (χ1) is 11.5. The Morgan fingerprint density at radius 1 is 1.25 bits per heavy atom. The third kappa shape index (κ3) is 3.51. The average molecular weight is 348 g/mol. The van der Waals surface area contributed by atoms with Crippen LogP contribution < -0.4 is 10.6 Å². The Balaban J connectivity index is 1.71. The summed E-state index contributed by atoms with van der Waals surface area (Å²) in [6, 6.07) is 5.22. The van der Waals surface area contributed by atoms with Crippen LogP contribution in [-0.2, 0) is 0 Å². The number of thiazole rings is 1. The predicted octanol–water partition coefficient (Wildman–Crippen LogP) is 3.73. The van der Waals surface area contributed by atoms with Gasteiger partial charge in [-0.05, 0) is 37.8 Å². The van der Waals surface area contributed by atoms with Crippen LogP contribution in [0.25, 0.3) is 0 Å².